The van der Waals surface area contributed by atoms with Crippen molar-refractivity contribution in [2.45, 2.75) is 313 Å². The molecule has 0 heterocycles. The van der Waals surface area contributed by atoms with E-state index in [1.165, 1.54) is 38.2 Å². The Morgan fingerprint density at radius 2 is 0.884 bits per heavy atom. The van der Waals surface area contributed by atoms with Gasteiger partial charge < -0.3 is 40.5 Å². The number of carboxylic acids is 7. The Balaban J connectivity index is 0. The van der Waals surface area contributed by atoms with Crippen molar-refractivity contribution in [2.24, 2.45) is 40.4 Å². The van der Waals surface area contributed by atoms with Crippen molar-refractivity contribution in [3.05, 3.63) is 34.4 Å². The van der Waals surface area contributed by atoms with Crippen molar-refractivity contribution in [1.29, 1.82) is 0 Å². The van der Waals surface area contributed by atoms with Crippen molar-refractivity contribution in [2.75, 3.05) is 6.61 Å². The molecule has 0 aliphatic rings. The highest BCUT2D eigenvalue weighted by Crippen LogP contribution is 2.50. The number of carbonyl (C=O) groups excluding carboxylic acids is 1. The molecule has 0 saturated heterocycles. The molecule has 0 aliphatic heterocycles. The van der Waals surface area contributed by atoms with Crippen LogP contribution in [0.2, 0.25) is 0 Å². The molecule has 498 valence electrons. The van der Waals surface area contributed by atoms with Crippen molar-refractivity contribution >= 4 is 47.6 Å². The number of carbonyl (C=O) groups is 8. The first-order valence-electron chi connectivity index (χ1n) is 33.7. The lowest BCUT2D eigenvalue weighted by Gasteiger charge is -2.47. The monoisotopic (exact) mass is 1220 g/mol. The van der Waals surface area contributed by atoms with Gasteiger partial charge in [0.2, 0.25) is 5.60 Å². The Hall–Kier alpha value is -4.86. The Morgan fingerprint density at radius 3 is 1.24 bits per heavy atom. The topological polar surface area (TPSA) is 287 Å². The van der Waals surface area contributed by atoms with Gasteiger partial charge in [0.05, 0.1) is 16.5 Å². The van der Waals surface area contributed by atoms with Crippen molar-refractivity contribution in [3.8, 4) is 0 Å². The van der Waals surface area contributed by atoms with Crippen LogP contribution < -0.4 is 0 Å². The molecule has 1 aromatic rings. The molecule has 1 rings (SSSR count). The molecule has 0 aliphatic carbocycles. The average molecular weight is 1220 g/mol. The molecule has 6 unspecified atom stereocenters. The van der Waals surface area contributed by atoms with Gasteiger partial charge in [0.25, 0.3) is 0 Å². The number of hydrogen-bond acceptors (Lipinski definition) is 9. The summed E-state index contributed by atoms with van der Waals surface area (Å²) >= 11 is 0. The maximum absolute atomic E-state index is 12.6. The van der Waals surface area contributed by atoms with Gasteiger partial charge in [-0.15, -0.1) is 0 Å². The van der Waals surface area contributed by atoms with E-state index in [2.05, 4.69) is 55.4 Å². The summed E-state index contributed by atoms with van der Waals surface area (Å²) in [5.74, 6) is -9.62. The van der Waals surface area contributed by atoms with E-state index >= 15 is 0 Å². The quantitative estimate of drug-likeness (QED) is 0.0236. The molecule has 7 N–H and O–H groups in total. The molecule has 0 bridgehead atoms. The van der Waals surface area contributed by atoms with E-state index < -0.39 is 69.9 Å². The highest BCUT2D eigenvalue weighted by atomic mass is 16.5. The van der Waals surface area contributed by atoms with Gasteiger partial charge >= 0.3 is 41.8 Å². The molecule has 16 nitrogen and oxygen atoms in total. The zero-order valence-corrected chi connectivity index (χ0v) is 55.8. The van der Waals surface area contributed by atoms with Crippen LogP contribution in [0.3, 0.4) is 0 Å². The van der Waals surface area contributed by atoms with Crippen LogP contribution in [0.5, 0.6) is 0 Å². The van der Waals surface area contributed by atoms with E-state index in [0.717, 1.165) is 146 Å². The van der Waals surface area contributed by atoms with E-state index in [1.807, 2.05) is 26.8 Å². The fourth-order valence-corrected chi connectivity index (χ4v) is 12.6. The molecule has 0 spiro atoms. The lowest BCUT2D eigenvalue weighted by molar-refractivity contribution is -0.219. The van der Waals surface area contributed by atoms with Crippen LogP contribution in [-0.4, -0.2) is 95.5 Å². The fraction of sp³-hybridized carbons (Fsp3) is 0.800. The summed E-state index contributed by atoms with van der Waals surface area (Å²) in [7, 11) is 0. The number of rotatable bonds is 51. The van der Waals surface area contributed by atoms with Crippen molar-refractivity contribution in [3.63, 3.8) is 0 Å². The van der Waals surface area contributed by atoms with Gasteiger partial charge in [-0.1, -0.05) is 243 Å². The summed E-state index contributed by atoms with van der Waals surface area (Å²) < 4.78 is 5.66. The molecular weight excluding hydrogens is 1100 g/mol. The van der Waals surface area contributed by atoms with Crippen LogP contribution in [0.25, 0.3) is 0 Å². The standard InChI is InChI=1S/C26H50O4.C24H38O4.C20H34O8/c1-5-9-16-22(7-3)20-26(25(29)30,21-23(8-4)17-10-6-2)19-15-13-11-12-14-18-24(27)28;1-5-9-11-17(7-3)15-19-13-14-20(23(25)26)22(24(27)28)21(19)16-18(8-4)12-10-6-2;1-5-8-11-19(17(24)25,12-9-6-2)20(18(26)27,28-13-10-7-3)15(14(4)21)16(22)23/h22-23H,5-21H2,1-4H3,(H,27,28)(H,29,30);13-14,17-18H,5-12,15-16H2,1-4H3,(H,25,26)(H,27,28);15H,5-13H2,1-4H3,(H,22,23)(H,24,25)(H,26,27). The SMILES string of the molecule is CCCCC(CC)CC(CCCCCCCC(=O)O)(CC(CC)CCCC)C(=O)O.CCCCC(CC)Cc1ccc(C(=O)O)c(C(=O)O)c1CC(CC)CCCC.CCCCOC(C(=O)O)(C(C(C)=O)C(=O)O)C(CCCC)(CCCC)C(=O)O. The van der Waals surface area contributed by atoms with Crippen LogP contribution in [0.15, 0.2) is 12.1 Å². The second kappa shape index (κ2) is 47.2. The molecule has 16 heteroatoms. The molecule has 0 radical (unpaired) electrons. The number of benzene rings is 1. The average Bonchev–Trinajstić information content (AvgIpc) is 0.757. The Kier molecular flexibility index (Phi) is 45.6. The molecule has 6 atom stereocenters. The first-order chi connectivity index (χ1) is 40.8. The van der Waals surface area contributed by atoms with Gasteiger partial charge in [-0.05, 0) is 106 Å². The zero-order valence-electron chi connectivity index (χ0n) is 55.8. The number of ether oxygens (including phenoxy) is 1. The van der Waals surface area contributed by atoms with Crippen molar-refractivity contribution < 1.29 is 78.8 Å². The minimum atomic E-state index is -2.68. The van der Waals surface area contributed by atoms with Gasteiger partial charge in [0.15, 0.2) is 5.92 Å². The van der Waals surface area contributed by atoms with E-state index in [9.17, 15) is 69.0 Å². The number of hydrogen-bond donors (Lipinski definition) is 7. The smallest absolute Gasteiger partial charge is 0.338 e. The first-order valence-corrected chi connectivity index (χ1v) is 33.7. The molecule has 0 aromatic heterocycles. The number of aliphatic carboxylic acids is 5. The second-order valence-electron chi connectivity index (χ2n) is 24.7. The predicted molar refractivity (Wildman–Crippen MR) is 342 cm³/mol. The largest absolute Gasteiger partial charge is 0.481 e. The maximum Gasteiger partial charge on any atom is 0.338 e. The zero-order chi connectivity index (χ0) is 65.9. The Bertz CT molecular complexity index is 2060. The number of ketones is 1. The van der Waals surface area contributed by atoms with Crippen LogP contribution in [0.1, 0.15) is 327 Å². The maximum atomic E-state index is 12.6. The Labute approximate surface area is 519 Å². The van der Waals surface area contributed by atoms with Crippen molar-refractivity contribution in [1.82, 2.24) is 0 Å². The normalized spacial score (nSPS) is 14.6. The minimum Gasteiger partial charge on any atom is -0.481 e. The minimum absolute atomic E-state index is 0.00490. The van der Waals surface area contributed by atoms with Gasteiger partial charge in [0.1, 0.15) is 11.2 Å². The van der Waals surface area contributed by atoms with E-state index in [-0.39, 0.29) is 37.0 Å². The number of carboxylic acid groups (broad SMARTS) is 7. The number of aromatic carboxylic acids is 2. The highest BCUT2D eigenvalue weighted by Gasteiger charge is 2.69. The third-order valence-electron chi connectivity index (χ3n) is 18.1. The summed E-state index contributed by atoms with van der Waals surface area (Å²) in [4.78, 5) is 96.3. The van der Waals surface area contributed by atoms with E-state index in [4.69, 9.17) is 9.84 Å². The van der Waals surface area contributed by atoms with Gasteiger partial charge in [-0.2, -0.15) is 0 Å². The lowest BCUT2D eigenvalue weighted by Crippen LogP contribution is -2.67. The molecule has 0 amide bonds. The first kappa shape index (κ1) is 83.2. The number of Topliss-reactive ketones (excluding diaryl/α,β-unsaturated/α-hetero) is 1. The second-order valence-corrected chi connectivity index (χ2v) is 24.7. The molecule has 0 fully saturated rings. The lowest BCUT2D eigenvalue weighted by atomic mass is 9.59. The third-order valence-corrected chi connectivity index (χ3v) is 18.1. The molecule has 1 aromatic carbocycles. The van der Waals surface area contributed by atoms with Gasteiger partial charge in [0, 0.05) is 13.0 Å². The summed E-state index contributed by atoms with van der Waals surface area (Å²) in [6, 6.07) is 3.36. The highest BCUT2D eigenvalue weighted by molar-refractivity contribution is 6.06. The van der Waals surface area contributed by atoms with Crippen LogP contribution in [0, 0.1) is 40.4 Å². The third kappa shape index (κ3) is 28.5. The molecular formula is C70H122O16. The van der Waals surface area contributed by atoms with Gasteiger partial charge in [-0.25, -0.2) is 14.4 Å². The summed E-state index contributed by atoms with van der Waals surface area (Å²) in [6.07, 6.45) is 29.4. The Morgan fingerprint density at radius 1 is 0.453 bits per heavy atom. The number of unbranched alkanes of at least 4 members (excludes halogenated alkanes) is 11. The summed E-state index contributed by atoms with van der Waals surface area (Å²) in [5.41, 5.74) is -3.61. The van der Waals surface area contributed by atoms with Crippen LogP contribution in [0.4, 0.5) is 0 Å². The van der Waals surface area contributed by atoms with E-state index in [0.29, 0.717) is 68.6 Å². The molecule has 86 heavy (non-hydrogen) atoms. The molecule has 0 saturated carbocycles. The summed E-state index contributed by atoms with van der Waals surface area (Å²) in [6.45, 7) is 23.8. The fourth-order valence-electron chi connectivity index (χ4n) is 12.6. The summed E-state index contributed by atoms with van der Waals surface area (Å²) in [5, 5.41) is 68.6. The predicted octanol–water partition coefficient (Wildman–Crippen LogP) is 18.1. The van der Waals surface area contributed by atoms with Crippen LogP contribution >= 0.6 is 0 Å². The van der Waals surface area contributed by atoms with Gasteiger partial charge in [-0.3, -0.25) is 24.0 Å². The van der Waals surface area contributed by atoms with Crippen LogP contribution in [-0.2, 0) is 46.3 Å². The van der Waals surface area contributed by atoms with E-state index in [1.54, 1.807) is 0 Å².